The van der Waals surface area contributed by atoms with Gasteiger partial charge in [0.2, 0.25) is 0 Å². The lowest BCUT2D eigenvalue weighted by molar-refractivity contribution is -0.149. The molecule has 92 valence electrons. The van der Waals surface area contributed by atoms with Gasteiger partial charge in [0.25, 0.3) is 0 Å². The molecule has 1 fully saturated rings. The summed E-state index contributed by atoms with van der Waals surface area (Å²) in [5.74, 6) is -0.869. The van der Waals surface area contributed by atoms with Crippen LogP contribution in [-0.2, 0) is 9.53 Å². The van der Waals surface area contributed by atoms with Crippen LogP contribution in [0, 0.1) is 0 Å². The number of morpholine rings is 1. The monoisotopic (exact) mass is 299 g/mol. The maximum absolute atomic E-state index is 10.9. The molecule has 0 aliphatic carbocycles. The van der Waals surface area contributed by atoms with Gasteiger partial charge in [0.1, 0.15) is 6.04 Å². The van der Waals surface area contributed by atoms with Crippen LogP contribution in [0.25, 0.3) is 0 Å². The molecule has 1 saturated heterocycles. The molecular formula is C12H14BrNO3. The van der Waals surface area contributed by atoms with E-state index in [0.29, 0.717) is 6.54 Å². The van der Waals surface area contributed by atoms with Gasteiger partial charge in [-0.1, -0.05) is 28.1 Å². The number of hydrogen-bond acceptors (Lipinski definition) is 3. The molecule has 2 rings (SSSR count). The van der Waals surface area contributed by atoms with Crippen molar-refractivity contribution in [2.45, 2.75) is 25.2 Å². The molecule has 2 N–H and O–H groups in total. The zero-order chi connectivity index (χ0) is 12.4. The average Bonchev–Trinajstić information content (AvgIpc) is 2.29. The Bertz CT molecular complexity index is 407. The molecule has 1 heterocycles. The zero-order valence-corrected chi connectivity index (χ0v) is 11.0. The smallest absolute Gasteiger partial charge is 0.323 e. The van der Waals surface area contributed by atoms with Crippen molar-refractivity contribution < 1.29 is 14.6 Å². The molecule has 1 aliphatic heterocycles. The summed E-state index contributed by atoms with van der Waals surface area (Å²) in [4.78, 5) is 10.9. The van der Waals surface area contributed by atoms with Crippen LogP contribution in [0.5, 0.6) is 0 Å². The van der Waals surface area contributed by atoms with Crippen molar-refractivity contribution in [2.24, 2.45) is 0 Å². The number of aliphatic carboxylic acids is 1. The molecule has 3 unspecified atom stereocenters. The molecular weight excluding hydrogens is 286 g/mol. The molecule has 0 saturated carbocycles. The van der Waals surface area contributed by atoms with Gasteiger partial charge in [-0.05, 0) is 24.6 Å². The average molecular weight is 300 g/mol. The highest BCUT2D eigenvalue weighted by molar-refractivity contribution is 9.10. The number of carbonyl (C=O) groups is 1. The number of hydrogen-bond donors (Lipinski definition) is 2. The van der Waals surface area contributed by atoms with Crippen molar-refractivity contribution in [1.29, 1.82) is 0 Å². The fraction of sp³-hybridized carbons (Fsp3) is 0.417. The van der Waals surface area contributed by atoms with Gasteiger partial charge < -0.3 is 9.84 Å². The Hall–Kier alpha value is -0.910. The van der Waals surface area contributed by atoms with E-state index in [1.165, 1.54) is 0 Å². The number of carboxylic acids is 1. The van der Waals surface area contributed by atoms with E-state index < -0.39 is 12.0 Å². The van der Waals surface area contributed by atoms with E-state index in [-0.39, 0.29) is 12.2 Å². The summed E-state index contributed by atoms with van der Waals surface area (Å²) < 4.78 is 6.74. The highest BCUT2D eigenvalue weighted by Crippen LogP contribution is 2.24. The van der Waals surface area contributed by atoms with Gasteiger partial charge in [0.05, 0.1) is 12.2 Å². The Kier molecular flexibility index (Phi) is 3.81. The van der Waals surface area contributed by atoms with E-state index in [9.17, 15) is 4.79 Å². The summed E-state index contributed by atoms with van der Waals surface area (Å²) in [7, 11) is 0. The van der Waals surface area contributed by atoms with Crippen LogP contribution >= 0.6 is 15.9 Å². The Morgan fingerprint density at radius 3 is 2.65 bits per heavy atom. The molecule has 4 nitrogen and oxygen atoms in total. The van der Waals surface area contributed by atoms with E-state index in [0.717, 1.165) is 10.0 Å². The number of halogens is 1. The SMILES string of the molecule is CC1OC(c2ccc(Br)cc2)CNC1C(=O)O. The van der Waals surface area contributed by atoms with Crippen molar-refractivity contribution in [3.63, 3.8) is 0 Å². The molecule has 1 aromatic carbocycles. The standard InChI is InChI=1S/C12H14BrNO3/c1-7-11(12(15)16)14-6-10(17-7)8-2-4-9(13)5-3-8/h2-5,7,10-11,14H,6H2,1H3,(H,15,16). The highest BCUT2D eigenvalue weighted by atomic mass is 79.9. The predicted molar refractivity (Wildman–Crippen MR) is 66.9 cm³/mol. The van der Waals surface area contributed by atoms with Crippen LogP contribution in [0.15, 0.2) is 28.7 Å². The van der Waals surface area contributed by atoms with E-state index in [1.807, 2.05) is 24.3 Å². The summed E-state index contributed by atoms with van der Waals surface area (Å²) >= 11 is 3.38. The third-order valence-corrected chi connectivity index (χ3v) is 3.41. The van der Waals surface area contributed by atoms with Gasteiger partial charge in [-0.3, -0.25) is 10.1 Å². The van der Waals surface area contributed by atoms with Crippen molar-refractivity contribution in [1.82, 2.24) is 5.32 Å². The first kappa shape index (κ1) is 12.5. The van der Waals surface area contributed by atoms with E-state index >= 15 is 0 Å². The molecule has 3 atom stereocenters. The lowest BCUT2D eigenvalue weighted by atomic mass is 10.0. The highest BCUT2D eigenvalue weighted by Gasteiger charge is 2.33. The van der Waals surface area contributed by atoms with Crippen LogP contribution in [0.4, 0.5) is 0 Å². The second kappa shape index (κ2) is 5.16. The number of rotatable bonds is 2. The van der Waals surface area contributed by atoms with Gasteiger partial charge in [-0.2, -0.15) is 0 Å². The number of carboxylic acid groups (broad SMARTS) is 1. The van der Waals surface area contributed by atoms with E-state index in [4.69, 9.17) is 9.84 Å². The Morgan fingerprint density at radius 1 is 1.47 bits per heavy atom. The molecule has 0 amide bonds. The lowest BCUT2D eigenvalue weighted by Gasteiger charge is -2.33. The van der Waals surface area contributed by atoms with Gasteiger partial charge in [-0.25, -0.2) is 0 Å². The van der Waals surface area contributed by atoms with Gasteiger partial charge in [0, 0.05) is 11.0 Å². The fourth-order valence-corrected chi connectivity index (χ4v) is 2.21. The van der Waals surface area contributed by atoms with Crippen molar-refractivity contribution in [3.8, 4) is 0 Å². The first-order valence-electron chi connectivity index (χ1n) is 5.45. The maximum atomic E-state index is 10.9. The number of ether oxygens (including phenoxy) is 1. The van der Waals surface area contributed by atoms with E-state index in [1.54, 1.807) is 6.92 Å². The van der Waals surface area contributed by atoms with Crippen LogP contribution < -0.4 is 5.32 Å². The van der Waals surface area contributed by atoms with Gasteiger partial charge >= 0.3 is 5.97 Å². The van der Waals surface area contributed by atoms with Crippen LogP contribution in [0.3, 0.4) is 0 Å². The Balaban J connectivity index is 2.06. The normalized spacial score (nSPS) is 28.9. The second-order valence-electron chi connectivity index (χ2n) is 4.11. The summed E-state index contributed by atoms with van der Waals surface area (Å²) in [6.45, 7) is 2.29. The topological polar surface area (TPSA) is 58.6 Å². The first-order valence-corrected chi connectivity index (χ1v) is 6.24. The van der Waals surface area contributed by atoms with E-state index in [2.05, 4.69) is 21.2 Å². The molecule has 1 aromatic rings. The largest absolute Gasteiger partial charge is 0.480 e. The summed E-state index contributed by atoms with van der Waals surface area (Å²) in [5, 5.41) is 11.9. The van der Waals surface area contributed by atoms with Crippen molar-refractivity contribution in [3.05, 3.63) is 34.3 Å². The number of nitrogens with one attached hydrogen (secondary N) is 1. The molecule has 0 radical (unpaired) electrons. The fourth-order valence-electron chi connectivity index (χ4n) is 1.95. The first-order chi connectivity index (χ1) is 8.08. The minimum atomic E-state index is -0.869. The van der Waals surface area contributed by atoms with Crippen LogP contribution in [-0.4, -0.2) is 29.8 Å². The molecule has 0 aromatic heterocycles. The zero-order valence-electron chi connectivity index (χ0n) is 9.39. The minimum Gasteiger partial charge on any atom is -0.480 e. The Labute approximate surface area is 108 Å². The van der Waals surface area contributed by atoms with Gasteiger partial charge in [0.15, 0.2) is 0 Å². The molecule has 0 bridgehead atoms. The van der Waals surface area contributed by atoms with Crippen molar-refractivity contribution >= 4 is 21.9 Å². The lowest BCUT2D eigenvalue weighted by Crippen LogP contribution is -2.52. The molecule has 17 heavy (non-hydrogen) atoms. The third kappa shape index (κ3) is 2.86. The molecule has 1 aliphatic rings. The molecule has 0 spiro atoms. The van der Waals surface area contributed by atoms with Crippen molar-refractivity contribution in [2.75, 3.05) is 6.54 Å². The quantitative estimate of drug-likeness (QED) is 0.876. The summed E-state index contributed by atoms with van der Waals surface area (Å²) in [6, 6.07) is 7.23. The van der Waals surface area contributed by atoms with Gasteiger partial charge in [-0.15, -0.1) is 0 Å². The van der Waals surface area contributed by atoms with Crippen LogP contribution in [0.2, 0.25) is 0 Å². The molecule has 5 heteroatoms. The van der Waals surface area contributed by atoms with Crippen LogP contribution in [0.1, 0.15) is 18.6 Å². The summed E-state index contributed by atoms with van der Waals surface area (Å²) in [5.41, 5.74) is 1.05. The third-order valence-electron chi connectivity index (χ3n) is 2.88. The minimum absolute atomic E-state index is 0.0892. The summed E-state index contributed by atoms with van der Waals surface area (Å²) in [6.07, 6.45) is -0.427. The maximum Gasteiger partial charge on any atom is 0.323 e. The second-order valence-corrected chi connectivity index (χ2v) is 5.02. The number of benzene rings is 1. The predicted octanol–water partition coefficient (Wildman–Crippen LogP) is 1.95. The Morgan fingerprint density at radius 2 is 2.12 bits per heavy atom.